The monoisotopic (exact) mass is 351 g/mol. The highest BCUT2D eigenvalue weighted by atomic mass is 16.1. The molecule has 1 fully saturated rings. The van der Waals surface area contributed by atoms with E-state index in [1.807, 2.05) is 19.2 Å². The number of pyridine rings is 1. The minimum atomic E-state index is 0.195. The Hall–Kier alpha value is -2.68. The fourth-order valence-electron chi connectivity index (χ4n) is 3.20. The lowest BCUT2D eigenvalue weighted by atomic mass is 10.0. The Kier molecular flexibility index (Phi) is 5.36. The maximum atomic E-state index is 12.0. The van der Waals surface area contributed by atoms with E-state index in [2.05, 4.69) is 29.9 Å². The maximum Gasteiger partial charge on any atom is 0.154 e. The molecule has 6 nitrogen and oxygen atoms in total. The van der Waals surface area contributed by atoms with Crippen LogP contribution in [-0.2, 0) is 11.3 Å². The van der Waals surface area contributed by atoms with Crippen molar-refractivity contribution in [2.24, 2.45) is 0 Å². The quantitative estimate of drug-likeness (QED) is 0.763. The van der Waals surface area contributed by atoms with Gasteiger partial charge in [0.25, 0.3) is 0 Å². The fraction of sp³-hybridized carbons (Fsp3) is 0.500. The van der Waals surface area contributed by atoms with Crippen LogP contribution in [0.1, 0.15) is 50.7 Å². The molecule has 0 N–H and O–H groups in total. The van der Waals surface area contributed by atoms with Crippen molar-refractivity contribution in [2.75, 3.05) is 11.4 Å². The number of nitriles is 1. The number of carbonyl (C=O) groups is 1. The summed E-state index contributed by atoms with van der Waals surface area (Å²) in [6.45, 7) is 7.39. The van der Waals surface area contributed by atoms with E-state index in [0.29, 0.717) is 24.6 Å². The van der Waals surface area contributed by atoms with E-state index in [4.69, 9.17) is 4.98 Å². The minimum Gasteiger partial charge on any atom is -0.353 e. The molecule has 0 unspecified atom stereocenters. The summed E-state index contributed by atoms with van der Waals surface area (Å²) in [6.07, 6.45) is 7.25. The normalized spacial score (nSPS) is 16.2. The second-order valence-corrected chi connectivity index (χ2v) is 7.03. The van der Waals surface area contributed by atoms with Crippen LogP contribution in [0, 0.1) is 18.3 Å². The van der Waals surface area contributed by atoms with Crippen molar-refractivity contribution in [3.05, 3.63) is 29.6 Å². The highest BCUT2D eigenvalue weighted by molar-refractivity contribution is 5.78. The Morgan fingerprint density at radius 1 is 1.46 bits per heavy atom. The van der Waals surface area contributed by atoms with Gasteiger partial charge in [-0.1, -0.05) is 13.3 Å². The van der Waals surface area contributed by atoms with Gasteiger partial charge in [-0.15, -0.1) is 0 Å². The number of unbranched alkanes of at least 4 members (excludes halogenated alkanes) is 1. The van der Waals surface area contributed by atoms with Crippen molar-refractivity contribution >= 4 is 11.6 Å². The van der Waals surface area contributed by atoms with Crippen molar-refractivity contribution in [1.29, 1.82) is 5.26 Å². The molecule has 6 heteroatoms. The summed E-state index contributed by atoms with van der Waals surface area (Å²) in [4.78, 5) is 18.9. The molecule has 2 aromatic rings. The summed E-state index contributed by atoms with van der Waals surface area (Å²) >= 11 is 0. The molecule has 3 rings (SSSR count). The number of anilines is 1. The van der Waals surface area contributed by atoms with Gasteiger partial charge in [0.1, 0.15) is 11.9 Å². The molecule has 1 atom stereocenters. The van der Waals surface area contributed by atoms with Crippen LogP contribution in [0.5, 0.6) is 0 Å². The lowest BCUT2D eigenvalue weighted by Gasteiger charge is -2.40. The van der Waals surface area contributed by atoms with E-state index in [1.54, 1.807) is 10.9 Å². The molecule has 26 heavy (non-hydrogen) atoms. The van der Waals surface area contributed by atoms with E-state index in [1.165, 1.54) is 0 Å². The number of rotatable bonds is 7. The van der Waals surface area contributed by atoms with Crippen molar-refractivity contribution in [3.63, 3.8) is 0 Å². The summed E-state index contributed by atoms with van der Waals surface area (Å²) < 4.78 is 1.68. The molecular formula is C20H25N5O. The molecule has 0 spiro atoms. The Morgan fingerprint density at radius 2 is 2.27 bits per heavy atom. The van der Waals surface area contributed by atoms with Crippen LogP contribution < -0.4 is 4.90 Å². The van der Waals surface area contributed by atoms with Crippen LogP contribution in [0.25, 0.3) is 11.3 Å². The largest absolute Gasteiger partial charge is 0.353 e. The number of aryl methyl sites for hydroxylation is 1. The van der Waals surface area contributed by atoms with Crippen molar-refractivity contribution in [1.82, 2.24) is 14.8 Å². The van der Waals surface area contributed by atoms with Crippen LogP contribution in [-0.4, -0.2) is 33.1 Å². The molecule has 1 aliphatic heterocycles. The maximum absolute atomic E-state index is 12.0. The van der Waals surface area contributed by atoms with Crippen LogP contribution in [0.2, 0.25) is 0 Å². The average molecular weight is 351 g/mol. The van der Waals surface area contributed by atoms with Crippen LogP contribution in [0.15, 0.2) is 18.5 Å². The summed E-state index contributed by atoms with van der Waals surface area (Å²) in [5, 5.41) is 13.8. The number of carbonyl (C=O) groups excluding carboxylic acids is 1. The second-order valence-electron chi connectivity index (χ2n) is 7.03. The fourth-order valence-corrected chi connectivity index (χ4v) is 3.20. The number of hydrogen-bond acceptors (Lipinski definition) is 5. The van der Waals surface area contributed by atoms with E-state index in [0.717, 1.165) is 48.4 Å². The van der Waals surface area contributed by atoms with Gasteiger partial charge in [0.2, 0.25) is 0 Å². The molecule has 3 heterocycles. The third-order valence-electron chi connectivity index (χ3n) is 4.98. The van der Waals surface area contributed by atoms with Gasteiger partial charge in [-0.2, -0.15) is 10.4 Å². The predicted molar refractivity (Wildman–Crippen MR) is 101 cm³/mol. The van der Waals surface area contributed by atoms with E-state index in [-0.39, 0.29) is 5.78 Å². The van der Waals surface area contributed by atoms with Crippen LogP contribution >= 0.6 is 0 Å². The highest BCUT2D eigenvalue weighted by Crippen LogP contribution is 2.32. The lowest BCUT2D eigenvalue weighted by Crippen LogP contribution is -2.46. The van der Waals surface area contributed by atoms with Gasteiger partial charge >= 0.3 is 0 Å². The van der Waals surface area contributed by atoms with Gasteiger partial charge in [-0.25, -0.2) is 4.98 Å². The molecule has 0 bridgehead atoms. The zero-order valence-electron chi connectivity index (χ0n) is 15.7. The summed E-state index contributed by atoms with van der Waals surface area (Å²) in [6, 6.07) is 4.62. The molecular weight excluding hydrogens is 326 g/mol. The molecule has 136 valence electrons. The summed E-state index contributed by atoms with van der Waals surface area (Å²) in [7, 11) is 0. The molecule has 0 amide bonds. The Balaban J connectivity index is 1.86. The van der Waals surface area contributed by atoms with E-state index < -0.39 is 0 Å². The van der Waals surface area contributed by atoms with Gasteiger partial charge in [-0.3, -0.25) is 9.48 Å². The number of hydrogen-bond donors (Lipinski definition) is 0. The van der Waals surface area contributed by atoms with Crippen molar-refractivity contribution in [2.45, 2.75) is 59.0 Å². The van der Waals surface area contributed by atoms with Gasteiger partial charge in [-0.05, 0) is 38.3 Å². The van der Waals surface area contributed by atoms with E-state index in [9.17, 15) is 10.1 Å². The SMILES string of the molecule is CCCCC(=O)Cn1cc(-c2cc(C)c(C#N)c(N3CC[C@@H]3C)n2)cn1. The molecule has 0 saturated carbocycles. The average Bonchev–Trinajstić information content (AvgIpc) is 3.06. The summed E-state index contributed by atoms with van der Waals surface area (Å²) in [5.74, 6) is 0.952. The van der Waals surface area contributed by atoms with Crippen LogP contribution in [0.3, 0.4) is 0 Å². The first-order chi connectivity index (χ1) is 12.5. The molecule has 0 radical (unpaired) electrons. The first-order valence-electron chi connectivity index (χ1n) is 9.26. The number of Topliss-reactive ketones (excluding diaryl/α,β-unsaturated/α-hetero) is 1. The van der Waals surface area contributed by atoms with Gasteiger partial charge < -0.3 is 4.90 Å². The first kappa shape index (κ1) is 18.1. The third-order valence-corrected chi connectivity index (χ3v) is 4.98. The molecule has 2 aromatic heterocycles. The lowest BCUT2D eigenvalue weighted by molar-refractivity contribution is -0.119. The van der Waals surface area contributed by atoms with Gasteiger partial charge in [0, 0.05) is 30.8 Å². The Morgan fingerprint density at radius 3 is 2.88 bits per heavy atom. The zero-order valence-corrected chi connectivity index (χ0v) is 15.7. The number of nitrogens with zero attached hydrogens (tertiary/aromatic N) is 5. The van der Waals surface area contributed by atoms with Crippen molar-refractivity contribution in [3.8, 4) is 17.3 Å². The third kappa shape index (κ3) is 3.62. The van der Waals surface area contributed by atoms with Gasteiger partial charge in [0.15, 0.2) is 5.78 Å². The standard InChI is InChI=1S/C20H25N5O/c1-4-5-6-17(26)13-24-12-16(11-22-24)19-9-14(2)18(10-21)20(23-19)25-8-7-15(25)3/h9,11-12,15H,4-8,13H2,1-3H3/t15-/m0/s1. The van der Waals surface area contributed by atoms with Gasteiger partial charge in [0.05, 0.1) is 24.0 Å². The predicted octanol–water partition coefficient (Wildman–Crippen LogP) is 3.48. The first-order valence-corrected chi connectivity index (χ1v) is 9.26. The van der Waals surface area contributed by atoms with Crippen LogP contribution in [0.4, 0.5) is 5.82 Å². The minimum absolute atomic E-state index is 0.195. The zero-order chi connectivity index (χ0) is 18.7. The summed E-state index contributed by atoms with van der Waals surface area (Å²) in [5.41, 5.74) is 3.22. The molecule has 0 aliphatic carbocycles. The number of aromatic nitrogens is 3. The molecule has 1 saturated heterocycles. The second kappa shape index (κ2) is 7.69. The van der Waals surface area contributed by atoms with Crippen molar-refractivity contribution < 1.29 is 4.79 Å². The highest BCUT2D eigenvalue weighted by Gasteiger charge is 2.28. The molecule has 1 aliphatic rings. The molecule has 0 aromatic carbocycles. The Labute approximate surface area is 154 Å². The van der Waals surface area contributed by atoms with E-state index >= 15 is 0 Å². The number of ketones is 1. The topological polar surface area (TPSA) is 74.8 Å². The smallest absolute Gasteiger partial charge is 0.154 e. The Bertz CT molecular complexity index is 848.